The van der Waals surface area contributed by atoms with Gasteiger partial charge in [-0.25, -0.2) is 4.98 Å². The standard InChI is InChI=1S/C14H20N2O3/c1-4-12(18-5-2)14(17)16-9-10(3)19-13-11(16)7-6-8-15-13/h6-8,10,12H,4-5,9H2,1-3H3/t10-,12+/m1/s1. The van der Waals surface area contributed by atoms with Crippen molar-refractivity contribution in [3.63, 3.8) is 0 Å². The number of amides is 1. The van der Waals surface area contributed by atoms with Crippen molar-refractivity contribution in [2.24, 2.45) is 0 Å². The molecule has 0 N–H and O–H groups in total. The SMILES string of the molecule is CCO[C@@H](CC)C(=O)N1C[C@@H](C)Oc2ncccc21. The van der Waals surface area contributed by atoms with Crippen LogP contribution in [0.3, 0.4) is 0 Å². The Hall–Kier alpha value is -1.62. The van der Waals surface area contributed by atoms with Crippen LogP contribution >= 0.6 is 0 Å². The molecule has 19 heavy (non-hydrogen) atoms. The van der Waals surface area contributed by atoms with Crippen molar-refractivity contribution in [3.05, 3.63) is 18.3 Å². The Balaban J connectivity index is 2.26. The van der Waals surface area contributed by atoms with Crippen molar-refractivity contribution in [2.45, 2.75) is 39.4 Å². The van der Waals surface area contributed by atoms with Gasteiger partial charge in [0, 0.05) is 12.8 Å². The average Bonchev–Trinajstić information content (AvgIpc) is 2.43. The molecule has 1 amide bonds. The average molecular weight is 264 g/mol. The zero-order valence-corrected chi connectivity index (χ0v) is 11.6. The van der Waals surface area contributed by atoms with Crippen LogP contribution in [-0.4, -0.2) is 36.3 Å². The number of carbonyl (C=O) groups excluding carboxylic acids is 1. The van der Waals surface area contributed by atoms with Crippen LogP contribution in [0.5, 0.6) is 5.88 Å². The fourth-order valence-electron chi connectivity index (χ4n) is 2.21. The van der Waals surface area contributed by atoms with Crippen molar-refractivity contribution in [2.75, 3.05) is 18.1 Å². The first-order valence-corrected chi connectivity index (χ1v) is 6.72. The number of anilines is 1. The molecule has 2 heterocycles. The summed E-state index contributed by atoms with van der Waals surface area (Å²) in [6, 6.07) is 3.66. The van der Waals surface area contributed by atoms with Gasteiger partial charge in [-0.15, -0.1) is 0 Å². The van der Waals surface area contributed by atoms with Gasteiger partial charge >= 0.3 is 0 Å². The second-order valence-corrected chi connectivity index (χ2v) is 4.56. The van der Waals surface area contributed by atoms with E-state index in [0.29, 0.717) is 25.5 Å². The van der Waals surface area contributed by atoms with Crippen molar-refractivity contribution >= 4 is 11.6 Å². The van der Waals surface area contributed by atoms with Crippen LogP contribution in [0, 0.1) is 0 Å². The van der Waals surface area contributed by atoms with Gasteiger partial charge in [0.05, 0.1) is 6.54 Å². The highest BCUT2D eigenvalue weighted by Crippen LogP contribution is 2.31. The van der Waals surface area contributed by atoms with Crippen LogP contribution < -0.4 is 9.64 Å². The lowest BCUT2D eigenvalue weighted by molar-refractivity contribution is -0.130. The normalized spacial score (nSPS) is 19.5. The molecule has 0 bridgehead atoms. The van der Waals surface area contributed by atoms with E-state index in [-0.39, 0.29) is 12.0 Å². The monoisotopic (exact) mass is 264 g/mol. The number of hydrogen-bond donors (Lipinski definition) is 0. The van der Waals surface area contributed by atoms with Gasteiger partial charge in [-0.1, -0.05) is 6.92 Å². The van der Waals surface area contributed by atoms with E-state index >= 15 is 0 Å². The molecule has 5 heteroatoms. The molecule has 1 aliphatic heterocycles. The summed E-state index contributed by atoms with van der Waals surface area (Å²) in [5.41, 5.74) is 0.726. The zero-order chi connectivity index (χ0) is 13.8. The van der Waals surface area contributed by atoms with Gasteiger partial charge in [0.15, 0.2) is 0 Å². The molecule has 0 saturated carbocycles. The molecule has 104 valence electrons. The van der Waals surface area contributed by atoms with Crippen LogP contribution in [0.2, 0.25) is 0 Å². The number of carbonyl (C=O) groups is 1. The quantitative estimate of drug-likeness (QED) is 0.834. The number of rotatable bonds is 4. The molecule has 0 aromatic carbocycles. The summed E-state index contributed by atoms with van der Waals surface area (Å²) in [6.07, 6.45) is 1.86. The fraction of sp³-hybridized carbons (Fsp3) is 0.571. The van der Waals surface area contributed by atoms with E-state index in [1.54, 1.807) is 17.2 Å². The number of aromatic nitrogens is 1. The maximum Gasteiger partial charge on any atom is 0.256 e. The molecule has 1 aromatic rings. The Morgan fingerprint density at radius 1 is 1.63 bits per heavy atom. The van der Waals surface area contributed by atoms with Crippen LogP contribution in [0.15, 0.2) is 18.3 Å². The molecule has 0 unspecified atom stereocenters. The highest BCUT2D eigenvalue weighted by molar-refractivity contribution is 5.98. The molecule has 0 radical (unpaired) electrons. The fourth-order valence-corrected chi connectivity index (χ4v) is 2.21. The van der Waals surface area contributed by atoms with Gasteiger partial charge in [0.25, 0.3) is 5.91 Å². The molecule has 1 aliphatic rings. The van der Waals surface area contributed by atoms with Gasteiger partial charge in [-0.05, 0) is 32.4 Å². The Morgan fingerprint density at radius 3 is 3.11 bits per heavy atom. The second-order valence-electron chi connectivity index (χ2n) is 4.56. The Kier molecular flexibility index (Phi) is 4.37. The number of pyridine rings is 1. The first kappa shape index (κ1) is 13.8. The zero-order valence-electron chi connectivity index (χ0n) is 11.6. The molecule has 0 aliphatic carbocycles. The number of nitrogens with zero attached hydrogens (tertiary/aromatic N) is 2. The highest BCUT2D eigenvalue weighted by Gasteiger charge is 2.32. The molecular weight excluding hydrogens is 244 g/mol. The van der Waals surface area contributed by atoms with E-state index in [9.17, 15) is 4.79 Å². The minimum absolute atomic E-state index is 0.0197. The lowest BCUT2D eigenvalue weighted by Gasteiger charge is -2.34. The largest absolute Gasteiger partial charge is 0.471 e. The lowest BCUT2D eigenvalue weighted by atomic mass is 10.2. The highest BCUT2D eigenvalue weighted by atomic mass is 16.5. The van der Waals surface area contributed by atoms with Gasteiger partial charge < -0.3 is 14.4 Å². The third kappa shape index (κ3) is 2.87. The second kappa shape index (κ2) is 6.02. The van der Waals surface area contributed by atoms with E-state index in [4.69, 9.17) is 9.47 Å². The molecular formula is C14H20N2O3. The number of hydrogen-bond acceptors (Lipinski definition) is 4. The van der Waals surface area contributed by atoms with E-state index < -0.39 is 6.10 Å². The van der Waals surface area contributed by atoms with Crippen LogP contribution in [0.25, 0.3) is 0 Å². The van der Waals surface area contributed by atoms with Gasteiger partial charge in [-0.3, -0.25) is 4.79 Å². The van der Waals surface area contributed by atoms with E-state index in [1.807, 2.05) is 26.8 Å². The molecule has 0 spiro atoms. The summed E-state index contributed by atoms with van der Waals surface area (Å²) in [5, 5.41) is 0. The summed E-state index contributed by atoms with van der Waals surface area (Å²) < 4.78 is 11.1. The van der Waals surface area contributed by atoms with Crippen LogP contribution in [0.1, 0.15) is 27.2 Å². The van der Waals surface area contributed by atoms with Gasteiger partial charge in [-0.2, -0.15) is 0 Å². The Labute approximate surface area is 113 Å². The maximum atomic E-state index is 12.5. The van der Waals surface area contributed by atoms with Crippen molar-refractivity contribution in [1.82, 2.24) is 4.98 Å². The minimum Gasteiger partial charge on any atom is -0.471 e. The van der Waals surface area contributed by atoms with Crippen LogP contribution in [0.4, 0.5) is 5.69 Å². The molecule has 1 aromatic heterocycles. The topological polar surface area (TPSA) is 51.7 Å². The third-order valence-corrected chi connectivity index (χ3v) is 3.07. The smallest absolute Gasteiger partial charge is 0.256 e. The summed E-state index contributed by atoms with van der Waals surface area (Å²) in [6.45, 7) is 6.84. The Bertz CT molecular complexity index is 450. The summed E-state index contributed by atoms with van der Waals surface area (Å²) in [5.74, 6) is 0.495. The van der Waals surface area contributed by atoms with Gasteiger partial charge in [0.1, 0.15) is 17.9 Å². The summed E-state index contributed by atoms with van der Waals surface area (Å²) in [7, 11) is 0. The van der Waals surface area contributed by atoms with E-state index in [0.717, 1.165) is 5.69 Å². The van der Waals surface area contributed by atoms with Crippen molar-refractivity contribution in [3.8, 4) is 5.88 Å². The molecule has 5 nitrogen and oxygen atoms in total. The predicted octanol–water partition coefficient (Wildman–Crippen LogP) is 2.01. The molecule has 0 saturated heterocycles. The maximum absolute atomic E-state index is 12.5. The third-order valence-electron chi connectivity index (χ3n) is 3.07. The lowest BCUT2D eigenvalue weighted by Crippen LogP contribution is -2.47. The first-order valence-electron chi connectivity index (χ1n) is 6.72. The molecule has 0 fully saturated rings. The minimum atomic E-state index is -0.400. The molecule has 2 atom stereocenters. The van der Waals surface area contributed by atoms with Crippen molar-refractivity contribution in [1.29, 1.82) is 0 Å². The van der Waals surface area contributed by atoms with E-state index in [2.05, 4.69) is 4.98 Å². The number of ether oxygens (including phenoxy) is 2. The van der Waals surface area contributed by atoms with Crippen LogP contribution in [-0.2, 0) is 9.53 Å². The van der Waals surface area contributed by atoms with Gasteiger partial charge in [0.2, 0.25) is 5.88 Å². The van der Waals surface area contributed by atoms with Crippen molar-refractivity contribution < 1.29 is 14.3 Å². The first-order chi connectivity index (χ1) is 9.17. The summed E-state index contributed by atoms with van der Waals surface area (Å²) in [4.78, 5) is 18.4. The van der Waals surface area contributed by atoms with E-state index in [1.165, 1.54) is 0 Å². The Morgan fingerprint density at radius 2 is 2.42 bits per heavy atom. The number of fused-ring (bicyclic) bond motifs is 1. The predicted molar refractivity (Wildman–Crippen MR) is 72.4 cm³/mol. The summed E-state index contributed by atoms with van der Waals surface area (Å²) >= 11 is 0. The molecule has 2 rings (SSSR count).